The Labute approximate surface area is 166 Å². The molecule has 5 heteroatoms. The molecule has 1 unspecified atom stereocenters. The average Bonchev–Trinajstić information content (AvgIpc) is 2.83. The third kappa shape index (κ3) is 4.25. The van der Waals surface area contributed by atoms with Gasteiger partial charge in [-0.15, -0.1) is 0 Å². The lowest BCUT2D eigenvalue weighted by Crippen LogP contribution is -2.28. The fraction of sp³-hybridized carbons (Fsp3) is 0.391. The third-order valence-electron chi connectivity index (χ3n) is 5.23. The molecule has 2 aromatic carbocycles. The Balaban J connectivity index is 1.80. The summed E-state index contributed by atoms with van der Waals surface area (Å²) in [6, 6.07) is 11.2. The summed E-state index contributed by atoms with van der Waals surface area (Å²) in [5.41, 5.74) is 3.23. The fourth-order valence-corrected chi connectivity index (χ4v) is 3.28. The number of nitrogens with zero attached hydrogens (tertiary/aromatic N) is 1. The van der Waals surface area contributed by atoms with Gasteiger partial charge in [0.05, 0.1) is 11.5 Å². The SMILES string of the molecule is CCN(CC)COC(=O)C(C)c1ccc2c(c1)C(=O)Cc1cc(C)ccc1O2. The molecule has 2 aromatic rings. The van der Waals surface area contributed by atoms with Crippen molar-refractivity contribution in [2.75, 3.05) is 19.8 Å². The molecule has 0 radical (unpaired) electrons. The maximum Gasteiger partial charge on any atom is 0.314 e. The Kier molecular flexibility index (Phi) is 6.15. The number of carbonyl (C=O) groups is 2. The fourth-order valence-electron chi connectivity index (χ4n) is 3.28. The van der Waals surface area contributed by atoms with Gasteiger partial charge < -0.3 is 9.47 Å². The van der Waals surface area contributed by atoms with Crippen molar-refractivity contribution in [3.8, 4) is 11.5 Å². The Morgan fingerprint density at radius 1 is 1.14 bits per heavy atom. The molecule has 0 fully saturated rings. The largest absolute Gasteiger partial charge is 0.456 e. The Hall–Kier alpha value is -2.66. The molecule has 148 valence electrons. The lowest BCUT2D eigenvalue weighted by Gasteiger charge is -2.20. The predicted molar refractivity (Wildman–Crippen MR) is 108 cm³/mol. The molecule has 0 saturated carbocycles. The van der Waals surface area contributed by atoms with E-state index in [0.29, 0.717) is 17.1 Å². The highest BCUT2D eigenvalue weighted by Crippen LogP contribution is 2.35. The number of ether oxygens (including phenoxy) is 2. The van der Waals surface area contributed by atoms with Gasteiger partial charge in [0.15, 0.2) is 5.78 Å². The van der Waals surface area contributed by atoms with E-state index in [1.165, 1.54) is 0 Å². The van der Waals surface area contributed by atoms with Crippen molar-refractivity contribution in [3.05, 3.63) is 58.7 Å². The number of carbonyl (C=O) groups excluding carboxylic acids is 2. The molecule has 28 heavy (non-hydrogen) atoms. The molecular formula is C23H27NO4. The van der Waals surface area contributed by atoms with Gasteiger partial charge in [-0.05, 0) is 50.7 Å². The number of Topliss-reactive ketones (excluding diaryl/α,β-unsaturated/α-hetero) is 1. The average molecular weight is 381 g/mol. The van der Waals surface area contributed by atoms with Crippen molar-refractivity contribution < 1.29 is 19.1 Å². The zero-order valence-electron chi connectivity index (χ0n) is 17.0. The molecule has 1 aliphatic rings. The first-order chi connectivity index (χ1) is 13.4. The van der Waals surface area contributed by atoms with Gasteiger partial charge >= 0.3 is 5.97 Å². The molecule has 5 nitrogen and oxygen atoms in total. The highest BCUT2D eigenvalue weighted by Gasteiger charge is 2.24. The van der Waals surface area contributed by atoms with Crippen LogP contribution in [0.5, 0.6) is 11.5 Å². The molecule has 1 atom stereocenters. The van der Waals surface area contributed by atoms with Gasteiger partial charge in [0.2, 0.25) is 0 Å². The van der Waals surface area contributed by atoms with Crippen LogP contribution in [0.1, 0.15) is 53.7 Å². The van der Waals surface area contributed by atoms with Crippen LogP contribution in [-0.4, -0.2) is 36.5 Å². The quantitative estimate of drug-likeness (QED) is 0.546. The number of ketones is 1. The lowest BCUT2D eigenvalue weighted by atomic mass is 9.95. The van der Waals surface area contributed by atoms with Crippen molar-refractivity contribution in [1.82, 2.24) is 4.90 Å². The van der Waals surface area contributed by atoms with E-state index in [9.17, 15) is 9.59 Å². The number of hydrogen-bond acceptors (Lipinski definition) is 5. The molecule has 0 saturated heterocycles. The van der Waals surface area contributed by atoms with Gasteiger partial charge in [-0.25, -0.2) is 0 Å². The van der Waals surface area contributed by atoms with Crippen LogP contribution in [0.3, 0.4) is 0 Å². The standard InChI is InChI=1S/C23H27NO4/c1-5-24(6-2)14-27-23(26)16(4)17-8-10-22-19(12-17)20(25)13-18-11-15(3)7-9-21(18)28-22/h7-12,16H,5-6,13-14H2,1-4H3. The number of esters is 1. The Bertz CT molecular complexity index is 886. The normalized spacial score (nSPS) is 14.0. The molecule has 0 spiro atoms. The van der Waals surface area contributed by atoms with Gasteiger partial charge in [-0.1, -0.05) is 37.6 Å². The second-order valence-corrected chi connectivity index (χ2v) is 7.19. The number of rotatable bonds is 6. The second kappa shape index (κ2) is 8.57. The molecule has 0 aromatic heterocycles. The first-order valence-electron chi connectivity index (χ1n) is 9.76. The predicted octanol–water partition coefficient (Wildman–Crippen LogP) is 4.47. The summed E-state index contributed by atoms with van der Waals surface area (Å²) < 4.78 is 11.4. The number of fused-ring (bicyclic) bond motifs is 2. The Morgan fingerprint density at radius 2 is 1.86 bits per heavy atom. The highest BCUT2D eigenvalue weighted by molar-refractivity contribution is 6.01. The zero-order valence-corrected chi connectivity index (χ0v) is 17.0. The third-order valence-corrected chi connectivity index (χ3v) is 5.23. The van der Waals surface area contributed by atoms with E-state index >= 15 is 0 Å². The minimum atomic E-state index is -0.457. The van der Waals surface area contributed by atoms with Gasteiger partial charge in [-0.3, -0.25) is 14.5 Å². The molecule has 3 rings (SSSR count). The summed E-state index contributed by atoms with van der Waals surface area (Å²) in [5, 5.41) is 0. The van der Waals surface area contributed by atoms with Crippen LogP contribution in [0.4, 0.5) is 0 Å². The van der Waals surface area contributed by atoms with Crippen molar-refractivity contribution in [2.45, 2.75) is 40.0 Å². The minimum Gasteiger partial charge on any atom is -0.456 e. The number of benzene rings is 2. The number of hydrogen-bond donors (Lipinski definition) is 0. The van der Waals surface area contributed by atoms with Crippen LogP contribution >= 0.6 is 0 Å². The molecule has 1 aliphatic heterocycles. The van der Waals surface area contributed by atoms with E-state index in [1.807, 2.05) is 49.9 Å². The summed E-state index contributed by atoms with van der Waals surface area (Å²) in [7, 11) is 0. The smallest absolute Gasteiger partial charge is 0.314 e. The van der Waals surface area contributed by atoms with Crippen molar-refractivity contribution in [2.24, 2.45) is 0 Å². The van der Waals surface area contributed by atoms with Crippen LogP contribution in [0.2, 0.25) is 0 Å². The van der Waals surface area contributed by atoms with Gasteiger partial charge in [0.1, 0.15) is 18.2 Å². The van der Waals surface area contributed by atoms with E-state index in [1.54, 1.807) is 19.1 Å². The van der Waals surface area contributed by atoms with Crippen LogP contribution < -0.4 is 4.74 Å². The first-order valence-corrected chi connectivity index (χ1v) is 9.76. The van der Waals surface area contributed by atoms with Gasteiger partial charge in [0, 0.05) is 12.0 Å². The second-order valence-electron chi connectivity index (χ2n) is 7.19. The van der Waals surface area contributed by atoms with E-state index in [2.05, 4.69) is 0 Å². The van der Waals surface area contributed by atoms with E-state index in [-0.39, 0.29) is 24.9 Å². The molecule has 0 aliphatic carbocycles. The lowest BCUT2D eigenvalue weighted by molar-refractivity contribution is -0.149. The van der Waals surface area contributed by atoms with E-state index in [0.717, 1.165) is 29.8 Å². The summed E-state index contributed by atoms with van der Waals surface area (Å²) in [5.74, 6) is 0.469. The number of aryl methyl sites for hydroxylation is 1. The summed E-state index contributed by atoms with van der Waals surface area (Å²) in [6.45, 7) is 9.76. The van der Waals surface area contributed by atoms with Crippen LogP contribution in [0.15, 0.2) is 36.4 Å². The molecule has 1 heterocycles. The maximum atomic E-state index is 12.8. The van der Waals surface area contributed by atoms with Gasteiger partial charge in [-0.2, -0.15) is 0 Å². The maximum absolute atomic E-state index is 12.8. The van der Waals surface area contributed by atoms with Crippen LogP contribution in [-0.2, 0) is 16.0 Å². The molecular weight excluding hydrogens is 354 g/mol. The molecule has 0 bridgehead atoms. The summed E-state index contributed by atoms with van der Waals surface area (Å²) in [6.07, 6.45) is 0.286. The highest BCUT2D eigenvalue weighted by atomic mass is 16.5. The molecule has 0 amide bonds. The molecule has 0 N–H and O–H groups in total. The van der Waals surface area contributed by atoms with E-state index in [4.69, 9.17) is 9.47 Å². The Morgan fingerprint density at radius 3 is 2.57 bits per heavy atom. The minimum absolute atomic E-state index is 0.00934. The van der Waals surface area contributed by atoms with Crippen molar-refractivity contribution in [3.63, 3.8) is 0 Å². The monoisotopic (exact) mass is 381 g/mol. The van der Waals surface area contributed by atoms with E-state index < -0.39 is 5.92 Å². The van der Waals surface area contributed by atoms with Gasteiger partial charge in [0.25, 0.3) is 0 Å². The zero-order chi connectivity index (χ0) is 20.3. The first kappa shape index (κ1) is 20.1. The van der Waals surface area contributed by atoms with Crippen molar-refractivity contribution >= 4 is 11.8 Å². The summed E-state index contributed by atoms with van der Waals surface area (Å²) in [4.78, 5) is 27.3. The summed E-state index contributed by atoms with van der Waals surface area (Å²) >= 11 is 0. The van der Waals surface area contributed by atoms with Crippen LogP contribution in [0, 0.1) is 6.92 Å². The topological polar surface area (TPSA) is 55.8 Å². The van der Waals surface area contributed by atoms with Crippen LogP contribution in [0.25, 0.3) is 0 Å². The van der Waals surface area contributed by atoms with Crippen molar-refractivity contribution in [1.29, 1.82) is 0 Å².